The summed E-state index contributed by atoms with van der Waals surface area (Å²) in [6.07, 6.45) is 3.63. The topological polar surface area (TPSA) is 152 Å². The van der Waals surface area contributed by atoms with Crippen molar-refractivity contribution < 1.29 is 19.5 Å². The van der Waals surface area contributed by atoms with Crippen molar-refractivity contribution in [1.82, 2.24) is 25.2 Å². The third-order valence-electron chi connectivity index (χ3n) is 5.01. The minimum absolute atomic E-state index is 0.0521. The van der Waals surface area contributed by atoms with Crippen LogP contribution in [0, 0.1) is 5.92 Å². The maximum atomic E-state index is 12.9. The van der Waals surface area contributed by atoms with Crippen LogP contribution >= 0.6 is 34.7 Å². The number of benzene rings is 1. The predicted octanol–water partition coefficient (Wildman–Crippen LogP) is 4.19. The van der Waals surface area contributed by atoms with Gasteiger partial charge in [-0.25, -0.2) is 19.3 Å². The van der Waals surface area contributed by atoms with Gasteiger partial charge in [-0.2, -0.15) is 0 Å². The smallest absolute Gasteiger partial charge is 0.356 e. The molecule has 1 fully saturated rings. The lowest BCUT2D eigenvalue weighted by Crippen LogP contribution is -2.22. The zero-order valence-corrected chi connectivity index (χ0v) is 19.6. The van der Waals surface area contributed by atoms with Crippen LogP contribution in [-0.2, 0) is 7.05 Å². The first-order chi connectivity index (χ1) is 15.8. The number of tetrazole rings is 1. The molecular weight excluding hydrogens is 490 g/mol. The molecule has 11 nitrogen and oxygen atoms in total. The van der Waals surface area contributed by atoms with Crippen molar-refractivity contribution in [3.8, 4) is 0 Å². The minimum Gasteiger partial charge on any atom is -0.476 e. The van der Waals surface area contributed by atoms with Gasteiger partial charge >= 0.3 is 12.0 Å². The Hall–Kier alpha value is -3.03. The van der Waals surface area contributed by atoms with Gasteiger partial charge in [-0.15, -0.1) is 5.10 Å². The van der Waals surface area contributed by atoms with Crippen molar-refractivity contribution in [3.63, 3.8) is 0 Å². The van der Waals surface area contributed by atoms with Crippen molar-refractivity contribution in [3.05, 3.63) is 34.5 Å². The number of Topliss-reactive ketones (excluding diaryl/α,β-unsaturated/α-hetero) is 1. The molecule has 14 heteroatoms. The fraction of sp³-hybridized carbons (Fsp3) is 0.316. The first-order valence-corrected chi connectivity index (χ1v) is 11.9. The van der Waals surface area contributed by atoms with Crippen LogP contribution in [0.2, 0.25) is 5.02 Å². The standard InChI is InChI=1S/C19H18ClN7O4S2/c1-27-19(24-25-26-27)33-16-13(15(29)30)22-18(32-16)23-17(31)21-12-7-6-10(20)8-11(12)14(28)9-4-2-3-5-9/h6-9H,2-5H2,1H3,(H,29,30)(H2,21,22,23,31). The van der Waals surface area contributed by atoms with E-state index in [9.17, 15) is 19.5 Å². The third kappa shape index (κ3) is 5.31. The fourth-order valence-electron chi connectivity index (χ4n) is 3.44. The SMILES string of the molecule is Cn1nnnc1Sc1sc(NC(=O)Nc2ccc(Cl)cc2C(=O)C2CCCC2)nc1C(=O)O. The van der Waals surface area contributed by atoms with Crippen LogP contribution in [0.25, 0.3) is 0 Å². The van der Waals surface area contributed by atoms with Gasteiger partial charge in [0.1, 0.15) is 4.21 Å². The Bertz CT molecular complexity index is 1220. The number of thiazole rings is 1. The largest absolute Gasteiger partial charge is 0.476 e. The Morgan fingerprint density at radius 2 is 2.00 bits per heavy atom. The van der Waals surface area contributed by atoms with Gasteiger partial charge in [-0.1, -0.05) is 35.8 Å². The number of hydrogen-bond acceptors (Lipinski definition) is 9. The van der Waals surface area contributed by atoms with Crippen LogP contribution in [-0.4, -0.2) is 48.1 Å². The number of carboxylic acid groups (broad SMARTS) is 1. The van der Waals surface area contributed by atoms with Crippen LogP contribution in [0.3, 0.4) is 0 Å². The molecule has 4 rings (SSSR count). The molecule has 0 unspecified atom stereocenters. The molecule has 2 aromatic heterocycles. The number of aromatic carboxylic acids is 1. The van der Waals surface area contributed by atoms with E-state index in [1.807, 2.05) is 0 Å². The number of hydrogen-bond donors (Lipinski definition) is 3. The van der Waals surface area contributed by atoms with E-state index < -0.39 is 12.0 Å². The highest BCUT2D eigenvalue weighted by molar-refractivity contribution is 8.01. The second kappa shape index (κ2) is 9.85. The number of urea groups is 1. The van der Waals surface area contributed by atoms with E-state index >= 15 is 0 Å². The fourth-order valence-corrected chi connectivity index (χ4v) is 5.57. The zero-order valence-electron chi connectivity index (χ0n) is 17.2. The number of halogens is 1. The maximum Gasteiger partial charge on any atom is 0.356 e. The number of aryl methyl sites for hydroxylation is 1. The van der Waals surface area contributed by atoms with Gasteiger partial charge in [0.25, 0.3) is 0 Å². The van der Waals surface area contributed by atoms with Crippen molar-refractivity contribution in [1.29, 1.82) is 0 Å². The van der Waals surface area contributed by atoms with Gasteiger partial charge in [-0.05, 0) is 53.2 Å². The van der Waals surface area contributed by atoms with Crippen molar-refractivity contribution in [2.45, 2.75) is 35.0 Å². The number of ketones is 1. The average Bonchev–Trinajstić information content (AvgIpc) is 3.51. The minimum atomic E-state index is -1.25. The van der Waals surface area contributed by atoms with Crippen LogP contribution in [0.15, 0.2) is 27.6 Å². The van der Waals surface area contributed by atoms with E-state index in [0.717, 1.165) is 48.8 Å². The second-order valence-electron chi connectivity index (χ2n) is 7.26. The molecule has 1 aliphatic carbocycles. The maximum absolute atomic E-state index is 12.9. The third-order valence-corrected chi connectivity index (χ3v) is 7.41. The number of carbonyl (C=O) groups is 3. The Labute approximate surface area is 200 Å². The van der Waals surface area contributed by atoms with E-state index in [4.69, 9.17) is 11.6 Å². The van der Waals surface area contributed by atoms with Gasteiger partial charge in [0, 0.05) is 23.6 Å². The highest BCUT2D eigenvalue weighted by Crippen LogP contribution is 2.36. The normalized spacial score (nSPS) is 13.8. The molecule has 1 aliphatic rings. The second-order valence-corrected chi connectivity index (χ2v) is 9.93. The number of aromatic nitrogens is 5. The lowest BCUT2D eigenvalue weighted by atomic mass is 9.95. The highest BCUT2D eigenvalue weighted by Gasteiger charge is 2.27. The molecule has 0 atom stereocenters. The van der Waals surface area contributed by atoms with Crippen molar-refractivity contribution in [2.75, 3.05) is 10.6 Å². The molecular formula is C19H18ClN7O4S2. The molecule has 3 aromatic rings. The van der Waals surface area contributed by atoms with Crippen molar-refractivity contribution in [2.24, 2.45) is 13.0 Å². The summed E-state index contributed by atoms with van der Waals surface area (Å²) in [5.41, 5.74) is 0.441. The van der Waals surface area contributed by atoms with E-state index in [2.05, 4.69) is 31.1 Å². The molecule has 2 amide bonds. The summed E-state index contributed by atoms with van der Waals surface area (Å²) in [5, 5.41) is 26.5. The van der Waals surface area contributed by atoms with Gasteiger partial charge in [-0.3, -0.25) is 10.1 Å². The Kier molecular flexibility index (Phi) is 6.91. The van der Waals surface area contributed by atoms with E-state index in [0.29, 0.717) is 25.6 Å². The molecule has 0 spiro atoms. The highest BCUT2D eigenvalue weighted by atomic mass is 35.5. The van der Waals surface area contributed by atoms with E-state index in [1.165, 1.54) is 4.68 Å². The van der Waals surface area contributed by atoms with Crippen LogP contribution in [0.1, 0.15) is 46.5 Å². The molecule has 2 heterocycles. The molecule has 33 heavy (non-hydrogen) atoms. The summed E-state index contributed by atoms with van der Waals surface area (Å²) < 4.78 is 1.69. The Morgan fingerprint density at radius 1 is 1.24 bits per heavy atom. The number of anilines is 2. The van der Waals surface area contributed by atoms with Crippen molar-refractivity contribution >= 4 is 63.3 Å². The van der Waals surface area contributed by atoms with Gasteiger partial charge < -0.3 is 10.4 Å². The number of rotatable bonds is 7. The number of nitrogens with one attached hydrogen (secondary N) is 2. The summed E-state index contributed by atoms with van der Waals surface area (Å²) in [4.78, 5) is 41.2. The summed E-state index contributed by atoms with van der Waals surface area (Å²) in [6.45, 7) is 0. The van der Waals surface area contributed by atoms with Gasteiger partial charge in [0.2, 0.25) is 5.16 Å². The van der Waals surface area contributed by atoms with E-state index in [1.54, 1.807) is 25.2 Å². The monoisotopic (exact) mass is 507 g/mol. The molecule has 1 aromatic carbocycles. The van der Waals surface area contributed by atoms with Gasteiger partial charge in [0.05, 0.1) is 5.69 Å². The van der Waals surface area contributed by atoms with Crippen LogP contribution in [0.5, 0.6) is 0 Å². The molecule has 172 valence electrons. The van der Waals surface area contributed by atoms with Crippen LogP contribution in [0.4, 0.5) is 15.6 Å². The number of carboxylic acids is 1. The van der Waals surface area contributed by atoms with Crippen LogP contribution < -0.4 is 10.6 Å². The summed E-state index contributed by atoms with van der Waals surface area (Å²) in [7, 11) is 1.62. The first-order valence-electron chi connectivity index (χ1n) is 9.88. The molecule has 3 N–H and O–H groups in total. The Balaban J connectivity index is 1.51. The number of nitrogens with zero attached hydrogens (tertiary/aromatic N) is 5. The predicted molar refractivity (Wildman–Crippen MR) is 122 cm³/mol. The van der Waals surface area contributed by atoms with Gasteiger partial charge in [0.15, 0.2) is 16.6 Å². The summed E-state index contributed by atoms with van der Waals surface area (Å²) in [6, 6.07) is 4.03. The Morgan fingerprint density at radius 3 is 2.67 bits per heavy atom. The molecule has 0 bridgehead atoms. The summed E-state index contributed by atoms with van der Waals surface area (Å²) >= 11 is 8.08. The first kappa shape index (κ1) is 23.1. The molecule has 1 saturated carbocycles. The zero-order chi connectivity index (χ0) is 23.5. The van der Waals surface area contributed by atoms with E-state index in [-0.39, 0.29) is 22.5 Å². The molecule has 0 aliphatic heterocycles. The number of amides is 2. The summed E-state index contributed by atoms with van der Waals surface area (Å²) in [5.74, 6) is -1.39. The quantitative estimate of drug-likeness (QED) is 0.399. The lowest BCUT2D eigenvalue weighted by Gasteiger charge is -2.14. The number of carbonyl (C=O) groups excluding carboxylic acids is 2. The lowest BCUT2D eigenvalue weighted by molar-refractivity contribution is 0.0687. The molecule has 0 radical (unpaired) electrons. The molecule has 0 saturated heterocycles. The average molecular weight is 508 g/mol.